The Morgan fingerprint density at radius 1 is 1.33 bits per heavy atom. The van der Waals surface area contributed by atoms with Gasteiger partial charge in [-0.05, 0) is 45.7 Å². The molecule has 0 aromatic heterocycles. The van der Waals surface area contributed by atoms with Gasteiger partial charge in [0.05, 0.1) is 12.2 Å². The van der Waals surface area contributed by atoms with Gasteiger partial charge >= 0.3 is 0 Å². The summed E-state index contributed by atoms with van der Waals surface area (Å²) in [6.45, 7) is 2.97. The van der Waals surface area contributed by atoms with Crippen LogP contribution in [0.4, 0.5) is 0 Å². The van der Waals surface area contributed by atoms with Crippen LogP contribution in [0.15, 0.2) is 0 Å². The van der Waals surface area contributed by atoms with Gasteiger partial charge in [0.2, 0.25) is 5.91 Å². The van der Waals surface area contributed by atoms with Crippen LogP contribution in [-0.2, 0) is 9.53 Å². The maximum Gasteiger partial charge on any atom is 0.217 e. The number of carbonyl (C=O) groups is 1. The van der Waals surface area contributed by atoms with Gasteiger partial charge in [0.1, 0.15) is 0 Å². The van der Waals surface area contributed by atoms with Crippen molar-refractivity contribution in [1.82, 2.24) is 4.90 Å². The van der Waals surface area contributed by atoms with Crippen LogP contribution in [0.5, 0.6) is 0 Å². The highest BCUT2D eigenvalue weighted by Crippen LogP contribution is 2.37. The van der Waals surface area contributed by atoms with Gasteiger partial charge in [-0.15, -0.1) is 0 Å². The largest absolute Gasteiger partial charge is 0.375 e. The first-order valence-corrected chi connectivity index (χ1v) is 6.78. The standard InChI is InChI=1S/C12H22N2O2.CH5N/c1-14-6-4-12(5-7-14)3-2-10(9-16-12)8-11(13)15;1-2/h10H,2-9H2,1H3,(H2,13,15);2H2,1H3/t10-;/m0./s1. The van der Waals surface area contributed by atoms with Crippen molar-refractivity contribution >= 4 is 5.91 Å². The van der Waals surface area contributed by atoms with Crippen LogP contribution in [0.2, 0.25) is 0 Å². The van der Waals surface area contributed by atoms with E-state index in [9.17, 15) is 4.79 Å². The number of likely N-dealkylation sites (tertiary alicyclic amines) is 1. The number of piperidine rings is 1. The van der Waals surface area contributed by atoms with Gasteiger partial charge in [-0.1, -0.05) is 0 Å². The minimum atomic E-state index is -0.201. The number of primary amides is 1. The molecule has 2 heterocycles. The molecule has 0 unspecified atom stereocenters. The summed E-state index contributed by atoms with van der Waals surface area (Å²) in [5.74, 6) is 0.149. The van der Waals surface area contributed by atoms with E-state index in [1.807, 2.05) is 0 Å². The molecule has 2 saturated heterocycles. The third-order valence-electron chi connectivity index (χ3n) is 4.02. The molecule has 0 bridgehead atoms. The Morgan fingerprint density at radius 2 is 1.94 bits per heavy atom. The average molecular weight is 257 g/mol. The predicted molar refractivity (Wildman–Crippen MR) is 72.1 cm³/mol. The van der Waals surface area contributed by atoms with Crippen LogP contribution in [0.25, 0.3) is 0 Å². The van der Waals surface area contributed by atoms with Gasteiger partial charge in [0, 0.05) is 19.5 Å². The number of amides is 1. The van der Waals surface area contributed by atoms with Crippen molar-refractivity contribution in [3.8, 4) is 0 Å². The van der Waals surface area contributed by atoms with Crippen molar-refractivity contribution in [2.24, 2.45) is 17.4 Å². The molecule has 5 nitrogen and oxygen atoms in total. The zero-order valence-electron chi connectivity index (χ0n) is 11.7. The molecular weight excluding hydrogens is 230 g/mol. The first kappa shape index (κ1) is 15.4. The Balaban J connectivity index is 0.000000771. The van der Waals surface area contributed by atoms with E-state index in [4.69, 9.17) is 10.5 Å². The van der Waals surface area contributed by atoms with Crippen LogP contribution in [0.1, 0.15) is 32.1 Å². The van der Waals surface area contributed by atoms with Crippen LogP contribution >= 0.6 is 0 Å². The van der Waals surface area contributed by atoms with Crippen LogP contribution < -0.4 is 11.5 Å². The molecule has 2 fully saturated rings. The summed E-state index contributed by atoms with van der Waals surface area (Å²) in [5, 5.41) is 0. The monoisotopic (exact) mass is 257 g/mol. The summed E-state index contributed by atoms with van der Waals surface area (Å²) in [4.78, 5) is 13.2. The molecule has 0 aliphatic carbocycles. The van der Waals surface area contributed by atoms with E-state index in [0.29, 0.717) is 18.9 Å². The summed E-state index contributed by atoms with van der Waals surface area (Å²) in [7, 11) is 3.66. The molecule has 0 aromatic rings. The second-order valence-corrected chi connectivity index (χ2v) is 5.37. The third kappa shape index (κ3) is 4.23. The maximum absolute atomic E-state index is 10.8. The molecule has 1 spiro atoms. The normalized spacial score (nSPS) is 27.4. The molecular formula is C13H27N3O2. The second-order valence-electron chi connectivity index (χ2n) is 5.37. The van der Waals surface area contributed by atoms with Gasteiger partial charge < -0.3 is 21.1 Å². The second kappa shape index (κ2) is 7.07. The Labute approximate surface area is 110 Å². The van der Waals surface area contributed by atoms with E-state index in [-0.39, 0.29) is 11.5 Å². The van der Waals surface area contributed by atoms with Crippen LogP contribution in [0.3, 0.4) is 0 Å². The molecule has 0 saturated carbocycles. The van der Waals surface area contributed by atoms with Gasteiger partial charge in [-0.25, -0.2) is 0 Å². The van der Waals surface area contributed by atoms with Crippen LogP contribution in [0, 0.1) is 5.92 Å². The third-order valence-corrected chi connectivity index (χ3v) is 4.02. The highest BCUT2D eigenvalue weighted by Gasteiger charge is 2.38. The molecule has 18 heavy (non-hydrogen) atoms. The summed E-state index contributed by atoms with van der Waals surface area (Å²) in [5.41, 5.74) is 9.82. The van der Waals surface area contributed by atoms with Crippen molar-refractivity contribution in [3.05, 3.63) is 0 Å². The Bertz CT molecular complexity index is 253. The van der Waals surface area contributed by atoms with Gasteiger partial charge in [0.15, 0.2) is 0 Å². The zero-order valence-corrected chi connectivity index (χ0v) is 11.7. The number of carbonyl (C=O) groups excluding carboxylic acids is 1. The highest BCUT2D eigenvalue weighted by molar-refractivity contribution is 5.74. The summed E-state index contributed by atoms with van der Waals surface area (Å²) < 4.78 is 6.03. The number of ether oxygens (including phenoxy) is 1. The lowest BCUT2D eigenvalue weighted by atomic mass is 9.81. The fourth-order valence-corrected chi connectivity index (χ4v) is 2.78. The molecule has 0 aromatic carbocycles. The summed E-state index contributed by atoms with van der Waals surface area (Å²) in [6.07, 6.45) is 4.93. The van der Waals surface area contributed by atoms with Crippen molar-refractivity contribution in [3.63, 3.8) is 0 Å². The summed E-state index contributed by atoms with van der Waals surface area (Å²) >= 11 is 0. The number of nitrogens with zero attached hydrogens (tertiary/aromatic N) is 1. The van der Waals surface area contributed by atoms with Crippen molar-refractivity contribution < 1.29 is 9.53 Å². The van der Waals surface area contributed by atoms with E-state index < -0.39 is 0 Å². The lowest BCUT2D eigenvalue weighted by molar-refractivity contribution is -0.136. The molecule has 2 aliphatic heterocycles. The topological polar surface area (TPSA) is 81.6 Å². The van der Waals surface area contributed by atoms with Crippen molar-refractivity contribution in [2.45, 2.75) is 37.7 Å². The van der Waals surface area contributed by atoms with Gasteiger partial charge in [0.25, 0.3) is 0 Å². The molecule has 4 N–H and O–H groups in total. The molecule has 1 atom stereocenters. The van der Waals surface area contributed by atoms with E-state index in [0.717, 1.165) is 38.8 Å². The lowest BCUT2D eigenvalue weighted by Crippen LogP contribution is -2.48. The molecule has 5 heteroatoms. The van der Waals surface area contributed by atoms with Gasteiger partial charge in [-0.3, -0.25) is 4.79 Å². The Morgan fingerprint density at radius 3 is 2.39 bits per heavy atom. The Kier molecular flexibility index (Phi) is 6.05. The molecule has 106 valence electrons. The number of rotatable bonds is 2. The van der Waals surface area contributed by atoms with Crippen molar-refractivity contribution in [2.75, 3.05) is 33.8 Å². The number of nitrogens with two attached hydrogens (primary N) is 2. The lowest BCUT2D eigenvalue weighted by Gasteiger charge is -2.44. The van der Waals surface area contributed by atoms with E-state index in [1.54, 1.807) is 0 Å². The van der Waals surface area contributed by atoms with Gasteiger partial charge in [-0.2, -0.15) is 0 Å². The van der Waals surface area contributed by atoms with Crippen LogP contribution in [-0.4, -0.2) is 50.2 Å². The Hall–Kier alpha value is -0.650. The first-order valence-electron chi connectivity index (χ1n) is 6.78. The minimum Gasteiger partial charge on any atom is -0.375 e. The molecule has 2 aliphatic rings. The SMILES string of the molecule is CN.CN1CCC2(CC[C@@H](CC(N)=O)CO2)CC1. The zero-order chi connectivity index (χ0) is 13.6. The smallest absolute Gasteiger partial charge is 0.217 e. The fourth-order valence-electron chi connectivity index (χ4n) is 2.78. The van der Waals surface area contributed by atoms with Crippen molar-refractivity contribution in [1.29, 1.82) is 0 Å². The molecule has 2 rings (SSSR count). The minimum absolute atomic E-state index is 0.112. The maximum atomic E-state index is 10.8. The summed E-state index contributed by atoms with van der Waals surface area (Å²) in [6, 6.07) is 0. The first-order chi connectivity index (χ1) is 8.60. The number of hydrogen-bond acceptors (Lipinski definition) is 4. The number of hydrogen-bond donors (Lipinski definition) is 2. The molecule has 1 amide bonds. The average Bonchev–Trinajstić information content (AvgIpc) is 2.38. The molecule has 0 radical (unpaired) electrons. The fraction of sp³-hybridized carbons (Fsp3) is 0.923. The van der Waals surface area contributed by atoms with E-state index >= 15 is 0 Å². The predicted octanol–water partition coefficient (Wildman–Crippen LogP) is 0.328. The highest BCUT2D eigenvalue weighted by atomic mass is 16.5. The quantitative estimate of drug-likeness (QED) is 0.747. The van der Waals surface area contributed by atoms with E-state index in [1.165, 1.54) is 7.05 Å². The van der Waals surface area contributed by atoms with E-state index in [2.05, 4.69) is 17.7 Å².